The van der Waals surface area contributed by atoms with Crippen LogP contribution < -0.4 is 14.4 Å². The molecule has 0 unspecified atom stereocenters. The van der Waals surface area contributed by atoms with E-state index < -0.39 is 0 Å². The highest BCUT2D eigenvalue weighted by molar-refractivity contribution is 7.17. The maximum Gasteiger partial charge on any atom is 0.235 e. The number of methoxy groups -OCH3 is 2. The Labute approximate surface area is 162 Å². The van der Waals surface area contributed by atoms with Crippen LogP contribution in [0.25, 0.3) is 4.96 Å². The van der Waals surface area contributed by atoms with Crippen LogP contribution in [0.4, 0.5) is 0 Å². The highest BCUT2D eigenvalue weighted by Crippen LogP contribution is 2.38. The number of nitrogens with zero attached hydrogens (tertiary/aromatic N) is 3. The fourth-order valence-electron chi connectivity index (χ4n) is 3.94. The molecule has 1 aliphatic rings. The number of likely N-dealkylation sites (tertiary alicyclic amines) is 1. The molecule has 4 rings (SSSR count). The number of thiazole rings is 1. The molecule has 1 atom stereocenters. The minimum Gasteiger partial charge on any atom is -0.493 e. The first-order valence-corrected chi connectivity index (χ1v) is 10.1. The molecule has 0 amide bonds. The number of rotatable bonds is 5. The van der Waals surface area contributed by atoms with Gasteiger partial charge in [0.1, 0.15) is 10.7 Å². The van der Waals surface area contributed by atoms with Gasteiger partial charge in [-0.05, 0) is 44.4 Å². The van der Waals surface area contributed by atoms with Crippen molar-refractivity contribution in [3.05, 3.63) is 34.5 Å². The summed E-state index contributed by atoms with van der Waals surface area (Å²) in [5.41, 5.74) is 1.10. The monoisotopic (exact) mass is 389 g/mol. The largest absolute Gasteiger partial charge is 0.493 e. The fourth-order valence-corrected chi connectivity index (χ4v) is 5.12. The number of aromatic nitrogens is 3. The van der Waals surface area contributed by atoms with E-state index in [-0.39, 0.29) is 11.9 Å². The van der Waals surface area contributed by atoms with Crippen molar-refractivity contribution in [1.82, 2.24) is 14.6 Å². The van der Waals surface area contributed by atoms with Crippen molar-refractivity contribution in [3.8, 4) is 17.4 Å². The lowest BCUT2D eigenvalue weighted by atomic mass is 10.00. The van der Waals surface area contributed by atoms with E-state index in [1.165, 1.54) is 35.5 Å². The summed E-state index contributed by atoms with van der Waals surface area (Å²) in [6.07, 6.45) is 3.65. The minimum atomic E-state index is 0.0129. The molecule has 8 heteroatoms. The number of hydrogen-bond donors (Lipinski definition) is 2. The second kappa shape index (κ2) is 7.36. The number of benzene rings is 1. The minimum absolute atomic E-state index is 0.0129. The van der Waals surface area contributed by atoms with Gasteiger partial charge in [-0.25, -0.2) is 4.98 Å². The number of aromatic hydroxyl groups is 1. The molecule has 2 N–H and O–H groups in total. The second-order valence-corrected chi connectivity index (χ2v) is 7.92. The molecule has 0 spiro atoms. The third kappa shape index (κ3) is 3.23. The Balaban J connectivity index is 1.83. The standard InChI is InChI=1S/C19H24N4O3S/c1-12-20-19-23(21-12)18(24)17(27-19)16(22-9-5-4-6-10-22)13-7-8-14(25-2)15(11-13)26-3/h7-8,11,16,24H,4-6,9-10H2,1-3H3/p+1/t16-/m0/s1. The highest BCUT2D eigenvalue weighted by Gasteiger charge is 2.34. The van der Waals surface area contributed by atoms with E-state index in [9.17, 15) is 5.11 Å². The summed E-state index contributed by atoms with van der Waals surface area (Å²) < 4.78 is 12.5. The number of ether oxygens (including phenoxy) is 2. The van der Waals surface area contributed by atoms with Crippen molar-refractivity contribution >= 4 is 16.3 Å². The summed E-state index contributed by atoms with van der Waals surface area (Å²) in [6.45, 7) is 3.98. The Morgan fingerprint density at radius 2 is 1.89 bits per heavy atom. The predicted molar refractivity (Wildman–Crippen MR) is 103 cm³/mol. The van der Waals surface area contributed by atoms with Gasteiger partial charge in [-0.15, -0.1) is 5.10 Å². The average molecular weight is 390 g/mol. The van der Waals surface area contributed by atoms with E-state index in [1.807, 2.05) is 19.1 Å². The topological polar surface area (TPSA) is 73.3 Å². The van der Waals surface area contributed by atoms with Crippen molar-refractivity contribution in [2.45, 2.75) is 32.2 Å². The molecule has 1 fully saturated rings. The maximum absolute atomic E-state index is 10.9. The molecule has 0 radical (unpaired) electrons. The van der Waals surface area contributed by atoms with E-state index in [1.54, 1.807) is 18.7 Å². The summed E-state index contributed by atoms with van der Waals surface area (Å²) in [7, 11) is 3.28. The molecule has 0 bridgehead atoms. The van der Waals surface area contributed by atoms with Gasteiger partial charge in [-0.2, -0.15) is 4.52 Å². The van der Waals surface area contributed by atoms with Crippen molar-refractivity contribution < 1.29 is 19.5 Å². The normalized spacial score (nSPS) is 16.6. The lowest BCUT2D eigenvalue weighted by molar-refractivity contribution is -0.929. The van der Waals surface area contributed by atoms with Crippen LogP contribution in [0.2, 0.25) is 0 Å². The van der Waals surface area contributed by atoms with E-state index in [0.29, 0.717) is 17.3 Å². The number of fused-ring (bicyclic) bond motifs is 1. The van der Waals surface area contributed by atoms with Gasteiger partial charge >= 0.3 is 0 Å². The summed E-state index contributed by atoms with van der Waals surface area (Å²) in [4.78, 5) is 7.50. The third-order valence-corrected chi connectivity index (χ3v) is 6.30. The lowest BCUT2D eigenvalue weighted by Gasteiger charge is -2.31. The van der Waals surface area contributed by atoms with Gasteiger partial charge in [0.05, 0.1) is 27.3 Å². The smallest absolute Gasteiger partial charge is 0.235 e. The Bertz CT molecular complexity index is 946. The molecule has 27 heavy (non-hydrogen) atoms. The highest BCUT2D eigenvalue weighted by atomic mass is 32.1. The van der Waals surface area contributed by atoms with Crippen molar-refractivity contribution in [1.29, 1.82) is 0 Å². The Morgan fingerprint density at radius 1 is 1.15 bits per heavy atom. The lowest BCUT2D eigenvalue weighted by Crippen LogP contribution is -3.13. The van der Waals surface area contributed by atoms with Gasteiger partial charge in [0, 0.05) is 5.56 Å². The number of nitrogens with one attached hydrogen (secondary N) is 1. The summed E-state index contributed by atoms with van der Waals surface area (Å²) in [5, 5.41) is 15.2. The average Bonchev–Trinajstić information content (AvgIpc) is 3.20. The van der Waals surface area contributed by atoms with Crippen LogP contribution in [0, 0.1) is 6.92 Å². The molecule has 2 aromatic heterocycles. The summed E-state index contributed by atoms with van der Waals surface area (Å²) in [5.74, 6) is 2.26. The quantitative estimate of drug-likeness (QED) is 0.698. The van der Waals surface area contributed by atoms with Crippen LogP contribution in [0.5, 0.6) is 17.4 Å². The van der Waals surface area contributed by atoms with E-state index in [4.69, 9.17) is 9.47 Å². The molecule has 3 heterocycles. The molecular weight excluding hydrogens is 364 g/mol. The molecule has 1 aliphatic heterocycles. The van der Waals surface area contributed by atoms with Crippen molar-refractivity contribution in [2.75, 3.05) is 27.3 Å². The second-order valence-electron chi connectivity index (χ2n) is 6.91. The fraction of sp³-hybridized carbons (Fsp3) is 0.474. The van der Waals surface area contributed by atoms with Gasteiger partial charge in [0.2, 0.25) is 10.8 Å². The molecule has 3 aromatic rings. The molecule has 0 aliphatic carbocycles. The van der Waals surface area contributed by atoms with E-state index in [0.717, 1.165) is 28.5 Å². The molecule has 7 nitrogen and oxygen atoms in total. The number of quaternary nitrogens is 1. The van der Waals surface area contributed by atoms with Crippen LogP contribution in [0.1, 0.15) is 41.6 Å². The Hall–Kier alpha value is -2.32. The van der Waals surface area contributed by atoms with Crippen LogP contribution in [0.3, 0.4) is 0 Å². The van der Waals surface area contributed by atoms with E-state index in [2.05, 4.69) is 16.1 Å². The Morgan fingerprint density at radius 3 is 2.56 bits per heavy atom. The summed E-state index contributed by atoms with van der Waals surface area (Å²) in [6, 6.07) is 6.03. The maximum atomic E-state index is 10.9. The molecule has 0 saturated carbocycles. The SMILES string of the molecule is COc1ccc([C@@H](c2sc3nc(C)nn3c2O)[NH+]2CCCCC2)cc1OC. The van der Waals surface area contributed by atoms with Crippen LogP contribution >= 0.6 is 11.3 Å². The van der Waals surface area contributed by atoms with Gasteiger partial charge < -0.3 is 19.5 Å². The van der Waals surface area contributed by atoms with Crippen molar-refractivity contribution in [2.24, 2.45) is 0 Å². The van der Waals surface area contributed by atoms with Crippen LogP contribution in [-0.4, -0.2) is 47.0 Å². The first-order chi connectivity index (χ1) is 13.1. The molecule has 1 aromatic carbocycles. The molecule has 1 saturated heterocycles. The first kappa shape index (κ1) is 18.1. The van der Waals surface area contributed by atoms with Gasteiger partial charge in [0.25, 0.3) is 0 Å². The summed E-state index contributed by atoms with van der Waals surface area (Å²) >= 11 is 1.51. The first-order valence-electron chi connectivity index (χ1n) is 9.24. The van der Waals surface area contributed by atoms with Gasteiger partial charge in [-0.3, -0.25) is 0 Å². The number of hydrogen-bond acceptors (Lipinski definition) is 6. The Kier molecular flexibility index (Phi) is 4.92. The zero-order valence-corrected chi connectivity index (χ0v) is 16.7. The number of piperidine rings is 1. The zero-order valence-electron chi connectivity index (χ0n) is 15.9. The molecular formula is C19H25N4O3S+. The van der Waals surface area contributed by atoms with Crippen LogP contribution in [0.15, 0.2) is 18.2 Å². The van der Waals surface area contributed by atoms with Gasteiger partial charge in [-0.1, -0.05) is 11.3 Å². The molecule has 144 valence electrons. The van der Waals surface area contributed by atoms with Crippen LogP contribution in [-0.2, 0) is 0 Å². The zero-order chi connectivity index (χ0) is 19.0. The third-order valence-electron chi connectivity index (χ3n) is 5.21. The predicted octanol–water partition coefficient (Wildman–Crippen LogP) is 1.98. The van der Waals surface area contributed by atoms with Gasteiger partial charge in [0.15, 0.2) is 17.5 Å². The van der Waals surface area contributed by atoms with E-state index >= 15 is 0 Å². The van der Waals surface area contributed by atoms with Crippen molar-refractivity contribution in [3.63, 3.8) is 0 Å². The number of aryl methyl sites for hydroxylation is 1.